The van der Waals surface area contributed by atoms with Gasteiger partial charge in [0.2, 0.25) is 11.8 Å². The normalized spacial score (nSPS) is 22.9. The molecule has 6 heteroatoms. The standard InChI is InChI=1S/C7H10N2O2.C3H5ClO/c8-6(10)4-2-1-3-5-7(9)11;1-2-3(4)5-2/h2-5H,1H2,(H2,8,10)(H2,9,11);2-3H,1H3. The van der Waals surface area contributed by atoms with Crippen LogP contribution in [0.2, 0.25) is 0 Å². The third kappa shape index (κ3) is 10.7. The molecule has 0 aliphatic carbocycles. The van der Waals surface area contributed by atoms with Crippen LogP contribution in [0.25, 0.3) is 0 Å². The Labute approximate surface area is 99.1 Å². The summed E-state index contributed by atoms with van der Waals surface area (Å²) >= 11 is 5.31. The highest BCUT2D eigenvalue weighted by atomic mass is 35.5. The van der Waals surface area contributed by atoms with Gasteiger partial charge < -0.3 is 16.2 Å². The van der Waals surface area contributed by atoms with Crippen molar-refractivity contribution in [3.63, 3.8) is 0 Å². The molecule has 0 bridgehead atoms. The summed E-state index contributed by atoms with van der Waals surface area (Å²) in [5.41, 5.74) is 9.61. The smallest absolute Gasteiger partial charge is 0.241 e. The minimum absolute atomic E-state index is 0.0231. The fourth-order valence-corrected chi connectivity index (χ4v) is 0.769. The van der Waals surface area contributed by atoms with E-state index >= 15 is 0 Å². The fraction of sp³-hybridized carbons (Fsp3) is 0.400. The lowest BCUT2D eigenvalue weighted by atomic mass is 10.3. The highest BCUT2D eigenvalue weighted by molar-refractivity contribution is 6.21. The molecule has 2 amide bonds. The van der Waals surface area contributed by atoms with Crippen molar-refractivity contribution in [2.24, 2.45) is 11.5 Å². The van der Waals surface area contributed by atoms with E-state index in [1.807, 2.05) is 6.92 Å². The lowest BCUT2D eigenvalue weighted by Gasteiger charge is -1.80. The van der Waals surface area contributed by atoms with Crippen LogP contribution in [-0.4, -0.2) is 23.5 Å². The molecule has 1 saturated heterocycles. The number of halogens is 1. The van der Waals surface area contributed by atoms with Crippen molar-refractivity contribution in [2.45, 2.75) is 25.0 Å². The summed E-state index contributed by atoms with van der Waals surface area (Å²) in [6.07, 6.45) is 6.34. The van der Waals surface area contributed by atoms with Crippen LogP contribution in [0.4, 0.5) is 0 Å². The molecule has 0 saturated carbocycles. The van der Waals surface area contributed by atoms with E-state index in [4.69, 9.17) is 23.1 Å². The van der Waals surface area contributed by atoms with Gasteiger partial charge in [-0.1, -0.05) is 23.8 Å². The van der Waals surface area contributed by atoms with E-state index in [1.54, 1.807) is 12.2 Å². The predicted octanol–water partition coefficient (Wildman–Crippen LogP) is 0.429. The molecule has 1 fully saturated rings. The number of alkyl halides is 1. The molecule has 5 nitrogen and oxygen atoms in total. The number of amides is 2. The number of nitrogens with two attached hydrogens (primary N) is 2. The van der Waals surface area contributed by atoms with E-state index < -0.39 is 11.8 Å². The first kappa shape index (κ1) is 14.7. The molecule has 2 unspecified atom stereocenters. The van der Waals surface area contributed by atoms with Gasteiger partial charge >= 0.3 is 0 Å². The highest BCUT2D eigenvalue weighted by Crippen LogP contribution is 2.23. The number of hydrogen-bond acceptors (Lipinski definition) is 3. The van der Waals surface area contributed by atoms with Gasteiger partial charge in [0.05, 0.1) is 6.10 Å². The number of carbonyl (C=O) groups is 2. The minimum atomic E-state index is -0.502. The summed E-state index contributed by atoms with van der Waals surface area (Å²) in [6.45, 7) is 1.94. The molecule has 16 heavy (non-hydrogen) atoms. The highest BCUT2D eigenvalue weighted by Gasteiger charge is 2.30. The molecule has 0 aromatic rings. The maximum atomic E-state index is 10.1. The Morgan fingerprint density at radius 3 is 1.75 bits per heavy atom. The second-order valence-electron chi connectivity index (χ2n) is 3.04. The van der Waals surface area contributed by atoms with Gasteiger partial charge in [0.15, 0.2) is 5.56 Å². The fourth-order valence-electron chi connectivity index (χ4n) is 0.607. The SMILES string of the molecule is CC1OC1Cl.NC(=O)C=CCC=CC(N)=O. The Morgan fingerprint density at radius 2 is 1.56 bits per heavy atom. The molecule has 1 aliphatic rings. The van der Waals surface area contributed by atoms with Gasteiger partial charge in [-0.05, 0) is 25.5 Å². The maximum Gasteiger partial charge on any atom is 0.241 e. The van der Waals surface area contributed by atoms with Gasteiger partial charge in [-0.15, -0.1) is 0 Å². The number of primary amides is 2. The van der Waals surface area contributed by atoms with E-state index in [-0.39, 0.29) is 5.56 Å². The average molecular weight is 247 g/mol. The second-order valence-corrected chi connectivity index (χ2v) is 3.47. The zero-order chi connectivity index (χ0) is 12.6. The molecule has 0 aromatic heterocycles. The zero-order valence-electron chi connectivity index (χ0n) is 8.93. The molecule has 1 heterocycles. The Kier molecular flexibility index (Phi) is 7.24. The maximum absolute atomic E-state index is 10.1. The van der Waals surface area contributed by atoms with E-state index in [9.17, 15) is 9.59 Å². The van der Waals surface area contributed by atoms with Crippen LogP contribution in [0.15, 0.2) is 24.3 Å². The number of epoxide rings is 1. The van der Waals surface area contributed by atoms with Gasteiger partial charge in [0, 0.05) is 0 Å². The first-order chi connectivity index (χ1) is 7.43. The summed E-state index contributed by atoms with van der Waals surface area (Å²) in [5, 5.41) is 0. The first-order valence-electron chi connectivity index (χ1n) is 4.65. The van der Waals surface area contributed by atoms with Crippen molar-refractivity contribution in [1.82, 2.24) is 0 Å². The Hall–Kier alpha value is -1.33. The average Bonchev–Trinajstić information content (AvgIpc) is 2.79. The molecule has 4 N–H and O–H groups in total. The predicted molar refractivity (Wildman–Crippen MR) is 61.5 cm³/mol. The third-order valence-corrected chi connectivity index (χ3v) is 1.93. The van der Waals surface area contributed by atoms with Crippen LogP contribution in [0.1, 0.15) is 13.3 Å². The lowest BCUT2D eigenvalue weighted by molar-refractivity contribution is -0.114. The van der Waals surface area contributed by atoms with Gasteiger partial charge in [-0.25, -0.2) is 0 Å². The molecule has 1 aliphatic heterocycles. The number of carbonyl (C=O) groups excluding carboxylic acids is 2. The van der Waals surface area contributed by atoms with Crippen molar-refractivity contribution in [2.75, 3.05) is 0 Å². The number of hydrogen-bond donors (Lipinski definition) is 2. The minimum Gasteiger partial charge on any atom is -0.366 e. The van der Waals surface area contributed by atoms with Crippen molar-refractivity contribution in [1.29, 1.82) is 0 Å². The zero-order valence-corrected chi connectivity index (χ0v) is 9.68. The van der Waals surface area contributed by atoms with Crippen molar-refractivity contribution in [3.8, 4) is 0 Å². The Balaban J connectivity index is 0.000000368. The van der Waals surface area contributed by atoms with E-state index in [0.717, 1.165) is 0 Å². The molecular formula is C10H15ClN2O3. The van der Waals surface area contributed by atoms with Gasteiger partial charge in [-0.3, -0.25) is 9.59 Å². The molecule has 0 aromatic carbocycles. The van der Waals surface area contributed by atoms with Gasteiger partial charge in [0.1, 0.15) is 0 Å². The van der Waals surface area contributed by atoms with Crippen LogP contribution >= 0.6 is 11.6 Å². The topological polar surface area (TPSA) is 98.7 Å². The lowest BCUT2D eigenvalue weighted by Crippen LogP contribution is -2.05. The van der Waals surface area contributed by atoms with Crippen molar-refractivity contribution >= 4 is 23.4 Å². The first-order valence-corrected chi connectivity index (χ1v) is 5.08. The van der Waals surface area contributed by atoms with E-state index in [0.29, 0.717) is 12.5 Å². The molecular weight excluding hydrogens is 232 g/mol. The van der Waals surface area contributed by atoms with Crippen LogP contribution < -0.4 is 11.5 Å². The van der Waals surface area contributed by atoms with Crippen LogP contribution in [0.3, 0.4) is 0 Å². The molecule has 1 rings (SSSR count). The summed E-state index contributed by atoms with van der Waals surface area (Å²) in [6, 6.07) is 0. The van der Waals surface area contributed by atoms with Crippen LogP contribution in [-0.2, 0) is 14.3 Å². The van der Waals surface area contributed by atoms with E-state index in [1.165, 1.54) is 12.2 Å². The Morgan fingerprint density at radius 1 is 1.25 bits per heavy atom. The van der Waals surface area contributed by atoms with Crippen molar-refractivity contribution < 1.29 is 14.3 Å². The monoisotopic (exact) mass is 246 g/mol. The molecule has 2 atom stereocenters. The van der Waals surface area contributed by atoms with Gasteiger partial charge in [0.25, 0.3) is 0 Å². The summed E-state index contributed by atoms with van der Waals surface area (Å²) in [4.78, 5) is 20.2. The second kappa shape index (κ2) is 7.90. The number of allylic oxidation sites excluding steroid dienone is 2. The van der Waals surface area contributed by atoms with Crippen LogP contribution in [0, 0.1) is 0 Å². The van der Waals surface area contributed by atoms with E-state index in [2.05, 4.69) is 4.74 Å². The summed E-state index contributed by atoms with van der Waals surface area (Å²) in [7, 11) is 0. The molecule has 90 valence electrons. The third-order valence-electron chi connectivity index (χ3n) is 1.47. The Bertz CT molecular complexity index is 274. The van der Waals surface area contributed by atoms with Gasteiger partial charge in [-0.2, -0.15) is 0 Å². The number of ether oxygens (including phenoxy) is 1. The quantitative estimate of drug-likeness (QED) is 0.427. The number of rotatable bonds is 4. The van der Waals surface area contributed by atoms with Crippen LogP contribution in [0.5, 0.6) is 0 Å². The summed E-state index contributed by atoms with van der Waals surface area (Å²) in [5.74, 6) is -1.00. The summed E-state index contributed by atoms with van der Waals surface area (Å²) < 4.78 is 4.68. The largest absolute Gasteiger partial charge is 0.366 e. The molecule has 0 radical (unpaired) electrons. The van der Waals surface area contributed by atoms with Crippen molar-refractivity contribution in [3.05, 3.63) is 24.3 Å². The molecule has 0 spiro atoms.